The molecule has 0 bridgehead atoms. The largest absolute Gasteiger partial charge is 0.439 e. The number of nitrogens with zero attached hydrogens (tertiary/aromatic N) is 1. The average Bonchev–Trinajstić information content (AvgIpc) is 2.49. The van der Waals surface area contributed by atoms with Crippen molar-refractivity contribution >= 4 is 11.7 Å². The van der Waals surface area contributed by atoms with Gasteiger partial charge in [-0.25, -0.2) is 4.98 Å². The third-order valence-corrected chi connectivity index (χ3v) is 2.96. The SMILES string of the molecule is CCC(=O)Cc1ccc(Oc2ccc(C(N)=O)cn2)cc1. The van der Waals surface area contributed by atoms with Crippen LogP contribution in [0.2, 0.25) is 0 Å². The van der Waals surface area contributed by atoms with E-state index in [0.717, 1.165) is 5.56 Å². The van der Waals surface area contributed by atoms with Crippen LogP contribution in [-0.2, 0) is 11.2 Å². The predicted octanol–water partition coefficient (Wildman–Crippen LogP) is 2.49. The van der Waals surface area contributed by atoms with E-state index in [1.54, 1.807) is 24.3 Å². The number of pyridine rings is 1. The number of hydrogen-bond acceptors (Lipinski definition) is 4. The van der Waals surface area contributed by atoms with Crippen LogP contribution in [0.15, 0.2) is 42.6 Å². The quantitative estimate of drug-likeness (QED) is 0.883. The topological polar surface area (TPSA) is 82.3 Å². The van der Waals surface area contributed by atoms with Crippen molar-refractivity contribution in [3.05, 3.63) is 53.7 Å². The van der Waals surface area contributed by atoms with Crippen LogP contribution in [0.1, 0.15) is 29.3 Å². The van der Waals surface area contributed by atoms with Crippen molar-refractivity contribution in [3.8, 4) is 11.6 Å². The van der Waals surface area contributed by atoms with E-state index >= 15 is 0 Å². The highest BCUT2D eigenvalue weighted by Gasteiger charge is 2.04. The third kappa shape index (κ3) is 4.14. The maximum Gasteiger partial charge on any atom is 0.250 e. The minimum absolute atomic E-state index is 0.201. The van der Waals surface area contributed by atoms with Crippen LogP contribution in [0.5, 0.6) is 11.6 Å². The number of hydrogen-bond donors (Lipinski definition) is 1. The summed E-state index contributed by atoms with van der Waals surface area (Å²) in [5, 5.41) is 0. The molecule has 5 nitrogen and oxygen atoms in total. The molecule has 108 valence electrons. The highest BCUT2D eigenvalue weighted by Crippen LogP contribution is 2.20. The minimum atomic E-state index is -0.529. The number of nitrogens with two attached hydrogens (primary N) is 1. The smallest absolute Gasteiger partial charge is 0.250 e. The second-order valence-electron chi connectivity index (χ2n) is 4.56. The lowest BCUT2D eigenvalue weighted by Gasteiger charge is -2.06. The van der Waals surface area contributed by atoms with Gasteiger partial charge in [-0.15, -0.1) is 0 Å². The monoisotopic (exact) mass is 284 g/mol. The molecule has 0 aliphatic heterocycles. The maximum absolute atomic E-state index is 11.4. The standard InChI is InChI=1S/C16H16N2O3/c1-2-13(19)9-11-3-6-14(7-4-11)21-15-8-5-12(10-18-15)16(17)20/h3-8,10H,2,9H2,1H3,(H2,17,20). The molecule has 0 unspecified atom stereocenters. The summed E-state index contributed by atoms with van der Waals surface area (Å²) in [5.74, 6) is 0.658. The van der Waals surface area contributed by atoms with Gasteiger partial charge in [-0.2, -0.15) is 0 Å². The molecule has 0 aliphatic carbocycles. The first-order valence-electron chi connectivity index (χ1n) is 6.63. The van der Waals surface area contributed by atoms with E-state index in [4.69, 9.17) is 10.5 Å². The van der Waals surface area contributed by atoms with Crippen LogP contribution >= 0.6 is 0 Å². The molecule has 21 heavy (non-hydrogen) atoms. The van der Waals surface area contributed by atoms with Crippen LogP contribution < -0.4 is 10.5 Å². The van der Waals surface area contributed by atoms with Crippen molar-refractivity contribution in [1.29, 1.82) is 0 Å². The van der Waals surface area contributed by atoms with Gasteiger partial charge < -0.3 is 10.5 Å². The number of benzene rings is 1. The molecule has 0 fully saturated rings. The summed E-state index contributed by atoms with van der Waals surface area (Å²) in [7, 11) is 0. The Morgan fingerprint density at radius 3 is 2.38 bits per heavy atom. The van der Waals surface area contributed by atoms with E-state index in [1.807, 2.05) is 19.1 Å². The summed E-state index contributed by atoms with van der Waals surface area (Å²) in [6.07, 6.45) is 2.34. The van der Waals surface area contributed by atoms with Gasteiger partial charge in [-0.3, -0.25) is 9.59 Å². The molecule has 0 saturated heterocycles. The zero-order valence-corrected chi connectivity index (χ0v) is 11.7. The zero-order chi connectivity index (χ0) is 15.2. The number of amides is 1. The second kappa shape index (κ2) is 6.65. The normalized spacial score (nSPS) is 10.1. The van der Waals surface area contributed by atoms with E-state index in [1.165, 1.54) is 6.20 Å². The first-order valence-corrected chi connectivity index (χ1v) is 6.63. The van der Waals surface area contributed by atoms with Gasteiger partial charge in [0.25, 0.3) is 0 Å². The van der Waals surface area contributed by atoms with Crippen LogP contribution in [0.4, 0.5) is 0 Å². The fourth-order valence-corrected chi connectivity index (χ4v) is 1.74. The fraction of sp³-hybridized carbons (Fsp3) is 0.188. The molecular formula is C16H16N2O3. The number of carbonyl (C=O) groups excluding carboxylic acids is 2. The average molecular weight is 284 g/mol. The fourth-order valence-electron chi connectivity index (χ4n) is 1.74. The summed E-state index contributed by atoms with van der Waals surface area (Å²) >= 11 is 0. The van der Waals surface area contributed by atoms with Gasteiger partial charge in [0.2, 0.25) is 11.8 Å². The second-order valence-corrected chi connectivity index (χ2v) is 4.56. The van der Waals surface area contributed by atoms with Crippen LogP contribution in [-0.4, -0.2) is 16.7 Å². The molecule has 0 saturated carbocycles. The Hall–Kier alpha value is -2.69. The molecule has 0 aliphatic rings. The van der Waals surface area contributed by atoms with Crippen LogP contribution in [0.25, 0.3) is 0 Å². The zero-order valence-electron chi connectivity index (χ0n) is 11.7. The maximum atomic E-state index is 11.4. The van der Waals surface area contributed by atoms with Crippen molar-refractivity contribution in [2.75, 3.05) is 0 Å². The molecule has 1 aromatic carbocycles. The summed E-state index contributed by atoms with van der Waals surface area (Å²) in [6.45, 7) is 1.85. The van der Waals surface area contributed by atoms with Crippen molar-refractivity contribution in [2.24, 2.45) is 5.73 Å². The van der Waals surface area contributed by atoms with Gasteiger partial charge in [0.1, 0.15) is 11.5 Å². The third-order valence-electron chi connectivity index (χ3n) is 2.96. The Morgan fingerprint density at radius 2 is 1.86 bits per heavy atom. The number of carbonyl (C=O) groups is 2. The lowest BCUT2D eigenvalue weighted by Crippen LogP contribution is -2.10. The molecule has 2 rings (SSSR count). The summed E-state index contributed by atoms with van der Waals surface area (Å²) in [5.41, 5.74) is 6.42. The Labute approximate surface area is 122 Å². The molecule has 0 spiro atoms. The van der Waals surface area contributed by atoms with Crippen molar-refractivity contribution in [2.45, 2.75) is 19.8 Å². The van der Waals surface area contributed by atoms with E-state index in [0.29, 0.717) is 30.0 Å². The van der Waals surface area contributed by atoms with E-state index in [2.05, 4.69) is 4.98 Å². The molecule has 1 heterocycles. The first-order chi connectivity index (χ1) is 10.1. The summed E-state index contributed by atoms with van der Waals surface area (Å²) in [6, 6.07) is 10.4. The van der Waals surface area contributed by atoms with E-state index in [9.17, 15) is 9.59 Å². The van der Waals surface area contributed by atoms with Gasteiger partial charge >= 0.3 is 0 Å². The molecule has 0 radical (unpaired) electrons. The molecular weight excluding hydrogens is 268 g/mol. The van der Waals surface area contributed by atoms with E-state index in [-0.39, 0.29) is 5.78 Å². The number of ketones is 1. The molecule has 0 atom stereocenters. The van der Waals surface area contributed by atoms with E-state index < -0.39 is 5.91 Å². The van der Waals surface area contributed by atoms with Gasteiger partial charge in [0.15, 0.2) is 0 Å². The molecule has 1 amide bonds. The van der Waals surface area contributed by atoms with Crippen LogP contribution in [0, 0.1) is 0 Å². The minimum Gasteiger partial charge on any atom is -0.439 e. The van der Waals surface area contributed by atoms with Gasteiger partial charge in [-0.1, -0.05) is 19.1 Å². The molecule has 5 heteroatoms. The number of rotatable bonds is 6. The van der Waals surface area contributed by atoms with Crippen LogP contribution in [0.3, 0.4) is 0 Å². The highest BCUT2D eigenvalue weighted by atomic mass is 16.5. The summed E-state index contributed by atoms with van der Waals surface area (Å²) in [4.78, 5) is 26.3. The first kappa shape index (κ1) is 14.7. The molecule has 1 aromatic heterocycles. The van der Waals surface area contributed by atoms with Gasteiger partial charge in [0.05, 0.1) is 5.56 Å². The van der Waals surface area contributed by atoms with Gasteiger partial charge in [-0.05, 0) is 23.8 Å². The number of Topliss-reactive ketones (excluding diaryl/α,β-unsaturated/α-hetero) is 1. The van der Waals surface area contributed by atoms with Crippen molar-refractivity contribution in [3.63, 3.8) is 0 Å². The molecule has 2 aromatic rings. The molecule has 2 N–H and O–H groups in total. The van der Waals surface area contributed by atoms with Crippen molar-refractivity contribution < 1.29 is 14.3 Å². The Balaban J connectivity index is 2.02. The van der Waals surface area contributed by atoms with Gasteiger partial charge in [0, 0.05) is 25.1 Å². The number of aromatic nitrogens is 1. The Morgan fingerprint density at radius 1 is 1.14 bits per heavy atom. The lowest BCUT2D eigenvalue weighted by atomic mass is 10.1. The Bertz CT molecular complexity index is 634. The Kier molecular flexibility index (Phi) is 4.66. The lowest BCUT2D eigenvalue weighted by molar-refractivity contribution is -0.118. The highest BCUT2D eigenvalue weighted by molar-refractivity contribution is 5.92. The predicted molar refractivity (Wildman–Crippen MR) is 78.3 cm³/mol. The van der Waals surface area contributed by atoms with Crippen molar-refractivity contribution in [1.82, 2.24) is 4.98 Å². The number of primary amides is 1. The summed E-state index contributed by atoms with van der Waals surface area (Å²) < 4.78 is 5.55. The number of ether oxygens (including phenoxy) is 1.